The van der Waals surface area contributed by atoms with E-state index in [1.54, 1.807) is 6.92 Å². The van der Waals surface area contributed by atoms with Crippen LogP contribution in [0.15, 0.2) is 59.7 Å². The Morgan fingerprint density at radius 2 is 1.63 bits per heavy atom. The van der Waals surface area contributed by atoms with Crippen molar-refractivity contribution in [2.75, 3.05) is 51.3 Å². The Morgan fingerprint density at radius 1 is 1.00 bits per heavy atom. The lowest BCUT2D eigenvalue weighted by molar-refractivity contribution is -0.109. The van der Waals surface area contributed by atoms with E-state index in [9.17, 15) is 9.59 Å². The molecule has 5 aliphatic rings. The number of fused-ring (bicyclic) bond motifs is 1. The molecule has 1 spiro atoms. The predicted molar refractivity (Wildman–Crippen MR) is 260 cm³/mol. The molecule has 2 bridgehead atoms. The van der Waals surface area contributed by atoms with E-state index in [0.717, 1.165) is 90.1 Å². The Labute approximate surface area is 365 Å². The number of rotatable bonds is 9. The number of carbonyl (C=O) groups excluding carboxylic acids is 2. The van der Waals surface area contributed by atoms with Crippen molar-refractivity contribution in [2.24, 2.45) is 16.7 Å². The number of nitrogens with one attached hydrogen (secondary N) is 2. The third kappa shape index (κ3) is 16.6. The molecule has 5 fully saturated rings. The van der Waals surface area contributed by atoms with Gasteiger partial charge in [0.25, 0.3) is 0 Å². The molecule has 0 radical (unpaired) electrons. The summed E-state index contributed by atoms with van der Waals surface area (Å²) in [6, 6.07) is 12.9. The van der Waals surface area contributed by atoms with Crippen molar-refractivity contribution in [3.63, 3.8) is 0 Å². The Morgan fingerprint density at radius 3 is 2.14 bits per heavy atom. The van der Waals surface area contributed by atoms with Gasteiger partial charge < -0.3 is 48.6 Å². The minimum atomic E-state index is -0.323. The second-order valence-corrected chi connectivity index (χ2v) is 16.3. The zero-order chi connectivity index (χ0) is 40.4. The number of carbonyl (C=O) groups is 2. The van der Waals surface area contributed by atoms with Gasteiger partial charge in [-0.1, -0.05) is 83.0 Å². The highest BCUT2D eigenvalue weighted by Gasteiger charge is 2.71. The number of likely N-dealkylation sites (N-methyl/N-ethyl adjacent to an activating group) is 1. The minimum absolute atomic E-state index is 0. The monoisotopic (exact) mass is 831 g/mol. The van der Waals surface area contributed by atoms with E-state index in [4.69, 9.17) is 9.84 Å². The molecule has 0 amide bonds. The fraction of sp³-hybridized carbons (Fsp3) is 0.633. The molecule has 0 aromatic heterocycles. The maximum atomic E-state index is 11.5. The average Bonchev–Trinajstić information content (AvgIpc) is 3.72. The Balaban J connectivity index is -0.000000239. The number of aliphatic hydroxyl groups excluding tert-OH is 1. The van der Waals surface area contributed by atoms with Crippen LogP contribution >= 0.6 is 0 Å². The molecule has 12 N–H and O–H groups in total. The first kappa shape index (κ1) is 57.9. The van der Waals surface area contributed by atoms with E-state index in [2.05, 4.69) is 59.7 Å². The van der Waals surface area contributed by atoms with Gasteiger partial charge in [0.2, 0.25) is 0 Å². The van der Waals surface area contributed by atoms with Gasteiger partial charge in [-0.2, -0.15) is 0 Å². The van der Waals surface area contributed by atoms with E-state index in [-0.39, 0.29) is 36.3 Å². The molecular formula is C49H94N6O4. The quantitative estimate of drug-likeness (QED) is 0.104. The van der Waals surface area contributed by atoms with Crippen LogP contribution in [-0.2, 0) is 9.53 Å². The first-order valence-corrected chi connectivity index (χ1v) is 21.4. The molecule has 3 saturated carbocycles. The zero-order valence-corrected chi connectivity index (χ0v) is 38.1. The number of ether oxygens (including phenoxy) is 1. The van der Waals surface area contributed by atoms with E-state index in [1.807, 2.05) is 59.8 Å². The van der Waals surface area contributed by atoms with Crippen molar-refractivity contribution in [1.29, 1.82) is 0 Å². The molecule has 2 aliphatic heterocycles. The van der Waals surface area contributed by atoms with Crippen LogP contribution in [0.1, 0.15) is 139 Å². The minimum Gasteiger partial charge on any atom is -0.389 e. The Hall–Kier alpha value is -3.22. The van der Waals surface area contributed by atoms with Crippen LogP contribution < -0.4 is 29.1 Å². The first-order valence-electron chi connectivity index (χ1n) is 21.4. The second-order valence-electron chi connectivity index (χ2n) is 16.3. The molecule has 59 heavy (non-hydrogen) atoms. The lowest BCUT2D eigenvalue weighted by Gasteiger charge is -2.25. The molecule has 2 heterocycles. The number of aliphatic hydroxyl groups is 1. The van der Waals surface area contributed by atoms with Crippen molar-refractivity contribution in [1.82, 2.24) is 28.7 Å². The molecule has 4 atom stereocenters. The van der Waals surface area contributed by atoms with Gasteiger partial charge in [-0.05, 0) is 143 Å². The molecule has 10 heteroatoms. The number of hydrogen-bond donors (Lipinski definition) is 6. The summed E-state index contributed by atoms with van der Waals surface area (Å²) >= 11 is 0. The molecule has 4 unspecified atom stereocenters. The zero-order valence-electron chi connectivity index (χ0n) is 38.1. The first-order chi connectivity index (χ1) is 26.5. The highest BCUT2D eigenvalue weighted by Crippen LogP contribution is 2.80. The van der Waals surface area contributed by atoms with E-state index < -0.39 is 0 Å². The van der Waals surface area contributed by atoms with Crippen molar-refractivity contribution >= 4 is 18.3 Å². The molecule has 344 valence electrons. The molecule has 10 nitrogen and oxygen atoms in total. The number of hydrogen-bond acceptors (Lipinski definition) is 10. The van der Waals surface area contributed by atoms with Crippen molar-refractivity contribution in [3.05, 3.63) is 76.4 Å². The van der Waals surface area contributed by atoms with Gasteiger partial charge in [-0.25, -0.2) is 0 Å². The third-order valence-electron chi connectivity index (χ3n) is 12.6. The largest absolute Gasteiger partial charge is 0.389 e. The van der Waals surface area contributed by atoms with Crippen LogP contribution in [-0.4, -0.2) is 80.7 Å². The smallest absolute Gasteiger partial charge is 0.150 e. The van der Waals surface area contributed by atoms with Gasteiger partial charge in [-0.3, -0.25) is 4.79 Å². The summed E-state index contributed by atoms with van der Waals surface area (Å²) in [7, 11) is 0. The molecule has 3 aliphatic carbocycles. The molecule has 2 aromatic carbocycles. The van der Waals surface area contributed by atoms with Crippen LogP contribution in [0.5, 0.6) is 0 Å². The number of anilines is 1. The maximum Gasteiger partial charge on any atom is 0.150 e. The van der Waals surface area contributed by atoms with Gasteiger partial charge in [0.15, 0.2) is 0 Å². The topological polar surface area (TPSA) is 196 Å². The average molecular weight is 831 g/mol. The number of aldehydes is 2. The standard InChI is InChI=1S/C20H23NO2.C11H16O.C9H16O.C6H14N2.C2H6.CH4.3H3N.3H2/c1-14-3-5-16(6-4-14)17-11-18(13-22)15(2)20(12-17)21-19-7-9-23-10-8-19;12-5-4-11-7-9-2-1-3-10(11,6-9)8-11;1-5-6-7(2)8(3)9(4)10;1-2-8-5-3-7-4-6-8;1-2;;;;;;;/h3-6,11-13,19,21H,7-10H2,1-2H3;5,9H,1-4,6-8H2;5-6,9-10H,1-4H3;7H,2-6H2,1H3;1-2H3;1H4;3*1H3;3*1H/b;;6-5+,8-7-;;;;;;;;;. The maximum absolute atomic E-state index is 11.5. The van der Waals surface area contributed by atoms with Gasteiger partial charge in [0.05, 0.1) is 6.10 Å². The lowest BCUT2D eigenvalue weighted by atomic mass is 9.83. The summed E-state index contributed by atoms with van der Waals surface area (Å²) in [5, 5.41) is 16.0. The van der Waals surface area contributed by atoms with Crippen LogP contribution in [0, 0.1) is 30.6 Å². The molecule has 2 aromatic rings. The highest BCUT2D eigenvalue weighted by atomic mass is 16.5. The van der Waals surface area contributed by atoms with E-state index in [0.29, 0.717) is 16.9 Å². The number of aryl methyl sites for hydroxylation is 1. The summed E-state index contributed by atoms with van der Waals surface area (Å²) in [6.07, 6.45) is 17.2. The van der Waals surface area contributed by atoms with Crippen LogP contribution in [0.2, 0.25) is 0 Å². The van der Waals surface area contributed by atoms with E-state index in [1.165, 1.54) is 76.8 Å². The van der Waals surface area contributed by atoms with Crippen LogP contribution in [0.25, 0.3) is 11.1 Å². The van der Waals surface area contributed by atoms with Crippen molar-refractivity contribution < 1.29 is 23.7 Å². The van der Waals surface area contributed by atoms with Gasteiger partial charge in [0.1, 0.15) is 12.6 Å². The highest BCUT2D eigenvalue weighted by molar-refractivity contribution is 5.85. The SMILES string of the molecule is C.C/C=C/C(C)=C(/C)C(C)O.CC.CCN1CCNCC1.Cc1ccc(-c2cc(C=O)c(C)c(NC3CCOCC3)c2)cc1.N.N.N.O=CCC12CC3CCCC1(C3)C2.[HH].[HH].[HH]. The number of piperazine rings is 1. The van der Waals surface area contributed by atoms with Crippen LogP contribution in [0.3, 0.4) is 0 Å². The van der Waals surface area contributed by atoms with E-state index >= 15 is 0 Å². The van der Waals surface area contributed by atoms with Crippen molar-refractivity contribution in [3.8, 4) is 11.1 Å². The summed E-state index contributed by atoms with van der Waals surface area (Å²) in [5.41, 5.74) is 9.65. The normalized spacial score (nSPS) is 23.4. The molecule has 7 rings (SSSR count). The Kier molecular flexibility index (Phi) is 28.6. The molecular weight excluding hydrogens is 737 g/mol. The second kappa shape index (κ2) is 29.1. The van der Waals surface area contributed by atoms with Gasteiger partial charge in [0, 0.05) is 67.4 Å². The number of allylic oxidation sites excluding steroid dienone is 3. The molecule has 2 saturated heterocycles. The summed E-state index contributed by atoms with van der Waals surface area (Å²) in [4.78, 5) is 24.5. The number of benzene rings is 2. The van der Waals surface area contributed by atoms with Gasteiger partial charge >= 0.3 is 0 Å². The third-order valence-corrected chi connectivity index (χ3v) is 12.6. The fourth-order valence-electron chi connectivity index (χ4n) is 9.00. The summed E-state index contributed by atoms with van der Waals surface area (Å²) < 4.78 is 5.42. The fourth-order valence-corrected chi connectivity index (χ4v) is 9.00. The predicted octanol–water partition coefficient (Wildman–Crippen LogP) is 12.0. The number of nitrogens with zero attached hydrogens (tertiary/aromatic N) is 1. The van der Waals surface area contributed by atoms with Crippen molar-refractivity contribution in [2.45, 2.75) is 140 Å². The summed E-state index contributed by atoms with van der Waals surface area (Å²) in [6.45, 7) is 25.6. The Bertz CT molecular complexity index is 1550. The van der Waals surface area contributed by atoms with Crippen LogP contribution in [0.4, 0.5) is 5.69 Å². The summed E-state index contributed by atoms with van der Waals surface area (Å²) in [5.74, 6) is 0.993. The van der Waals surface area contributed by atoms with Gasteiger partial charge in [-0.15, -0.1) is 0 Å². The lowest BCUT2D eigenvalue weighted by Crippen LogP contribution is -2.43.